The Bertz CT molecular complexity index is 712. The van der Waals surface area contributed by atoms with Gasteiger partial charge in [0.15, 0.2) is 0 Å². The zero-order chi connectivity index (χ0) is 11.8. The first-order chi connectivity index (χ1) is 8.29. The number of H-pyrrole nitrogens is 1. The standard InChI is InChI=1S/C14H10NO2/c1-17-14(16)9-6-7-13-11(8-9)10-4-2-3-5-12(10)15-13/h2-6,8,15H,1H3. The van der Waals surface area contributed by atoms with Gasteiger partial charge in [-0.25, -0.2) is 4.79 Å². The Morgan fingerprint density at radius 2 is 2.12 bits per heavy atom. The van der Waals surface area contributed by atoms with E-state index in [-0.39, 0.29) is 5.97 Å². The summed E-state index contributed by atoms with van der Waals surface area (Å²) < 4.78 is 4.70. The van der Waals surface area contributed by atoms with Gasteiger partial charge in [0.2, 0.25) is 0 Å². The molecule has 83 valence electrons. The molecule has 3 heteroatoms. The first-order valence-electron chi connectivity index (χ1n) is 5.30. The Morgan fingerprint density at radius 1 is 1.29 bits per heavy atom. The second-order valence-electron chi connectivity index (χ2n) is 3.84. The third-order valence-corrected chi connectivity index (χ3v) is 2.84. The van der Waals surface area contributed by atoms with Crippen molar-refractivity contribution in [2.75, 3.05) is 7.11 Å². The van der Waals surface area contributed by atoms with E-state index in [0.29, 0.717) is 5.56 Å². The molecule has 0 atom stereocenters. The fraction of sp³-hybridized carbons (Fsp3) is 0.0714. The minimum absolute atomic E-state index is 0.339. The number of fused-ring (bicyclic) bond motifs is 3. The number of hydrogen-bond acceptors (Lipinski definition) is 2. The number of esters is 1. The Balaban J connectivity index is 2.33. The van der Waals surface area contributed by atoms with Gasteiger partial charge in [0, 0.05) is 22.4 Å². The van der Waals surface area contributed by atoms with E-state index in [1.165, 1.54) is 7.11 Å². The molecule has 0 saturated carbocycles. The van der Waals surface area contributed by atoms with E-state index in [2.05, 4.69) is 11.1 Å². The molecule has 3 rings (SSSR count). The van der Waals surface area contributed by atoms with Crippen LogP contribution in [0, 0.1) is 6.07 Å². The normalized spacial score (nSPS) is 10.9. The fourth-order valence-corrected chi connectivity index (χ4v) is 2.01. The van der Waals surface area contributed by atoms with E-state index in [1.54, 1.807) is 6.07 Å². The number of carbonyl (C=O) groups is 1. The summed E-state index contributed by atoms with van der Waals surface area (Å²) in [6.45, 7) is 0. The van der Waals surface area contributed by atoms with Crippen molar-refractivity contribution in [3.8, 4) is 0 Å². The Hall–Kier alpha value is -2.29. The van der Waals surface area contributed by atoms with Crippen LogP contribution in [0.25, 0.3) is 21.8 Å². The molecule has 3 nitrogen and oxygen atoms in total. The molecule has 0 aliphatic heterocycles. The third kappa shape index (κ3) is 1.47. The molecule has 0 unspecified atom stereocenters. The monoisotopic (exact) mass is 224 g/mol. The molecule has 17 heavy (non-hydrogen) atoms. The van der Waals surface area contributed by atoms with Crippen molar-refractivity contribution < 1.29 is 9.53 Å². The number of aromatic nitrogens is 1. The topological polar surface area (TPSA) is 42.1 Å². The summed E-state index contributed by atoms with van der Waals surface area (Å²) in [5.74, 6) is -0.339. The van der Waals surface area contributed by atoms with E-state index in [4.69, 9.17) is 4.74 Å². The summed E-state index contributed by atoms with van der Waals surface area (Å²) in [5, 5.41) is 2.08. The van der Waals surface area contributed by atoms with Crippen molar-refractivity contribution in [3.05, 3.63) is 48.0 Å². The number of para-hydroxylation sites is 1. The van der Waals surface area contributed by atoms with Crippen LogP contribution in [0.1, 0.15) is 10.4 Å². The lowest BCUT2D eigenvalue weighted by Gasteiger charge is -1.98. The molecular weight excluding hydrogens is 214 g/mol. The van der Waals surface area contributed by atoms with E-state index >= 15 is 0 Å². The highest BCUT2D eigenvalue weighted by Crippen LogP contribution is 2.25. The number of nitrogens with one attached hydrogen (secondary N) is 1. The van der Waals surface area contributed by atoms with Crippen molar-refractivity contribution in [1.29, 1.82) is 0 Å². The molecule has 1 heterocycles. The zero-order valence-corrected chi connectivity index (χ0v) is 9.28. The lowest BCUT2D eigenvalue weighted by Crippen LogP contribution is -2.00. The van der Waals surface area contributed by atoms with E-state index < -0.39 is 0 Å². The molecule has 0 aliphatic carbocycles. The van der Waals surface area contributed by atoms with Gasteiger partial charge in [0.25, 0.3) is 0 Å². The fourth-order valence-electron chi connectivity index (χ4n) is 2.01. The molecule has 0 spiro atoms. The van der Waals surface area contributed by atoms with Crippen LogP contribution in [0.15, 0.2) is 36.4 Å². The van der Waals surface area contributed by atoms with Crippen molar-refractivity contribution in [2.24, 2.45) is 0 Å². The first kappa shape index (κ1) is 9.90. The Morgan fingerprint density at radius 3 is 2.94 bits per heavy atom. The van der Waals surface area contributed by atoms with Gasteiger partial charge in [0.1, 0.15) is 0 Å². The van der Waals surface area contributed by atoms with Crippen LogP contribution >= 0.6 is 0 Å². The van der Waals surface area contributed by atoms with Crippen LogP contribution < -0.4 is 0 Å². The van der Waals surface area contributed by atoms with Gasteiger partial charge in [-0.05, 0) is 18.2 Å². The van der Waals surface area contributed by atoms with Gasteiger partial charge in [-0.15, -0.1) is 0 Å². The highest BCUT2D eigenvalue weighted by molar-refractivity contribution is 6.09. The van der Waals surface area contributed by atoms with Gasteiger partial charge in [-0.3, -0.25) is 0 Å². The molecule has 0 fully saturated rings. The number of rotatable bonds is 1. The van der Waals surface area contributed by atoms with Crippen molar-refractivity contribution >= 4 is 27.8 Å². The van der Waals surface area contributed by atoms with Crippen LogP contribution in [-0.4, -0.2) is 18.1 Å². The molecule has 3 aromatic rings. The average Bonchev–Trinajstić information content (AvgIpc) is 2.75. The van der Waals surface area contributed by atoms with Gasteiger partial charge in [-0.1, -0.05) is 18.2 Å². The Kier molecular flexibility index (Phi) is 2.11. The zero-order valence-electron chi connectivity index (χ0n) is 9.28. The number of hydrogen-bond donors (Lipinski definition) is 1. The van der Waals surface area contributed by atoms with Gasteiger partial charge in [0.05, 0.1) is 18.2 Å². The predicted molar refractivity (Wildman–Crippen MR) is 66.0 cm³/mol. The maximum atomic E-state index is 11.5. The summed E-state index contributed by atoms with van der Waals surface area (Å²) in [4.78, 5) is 14.7. The van der Waals surface area contributed by atoms with E-state index in [1.807, 2.05) is 30.3 Å². The maximum Gasteiger partial charge on any atom is 0.337 e. The van der Waals surface area contributed by atoms with E-state index in [9.17, 15) is 4.79 Å². The van der Waals surface area contributed by atoms with E-state index in [0.717, 1.165) is 21.8 Å². The molecule has 1 radical (unpaired) electrons. The molecule has 0 saturated heterocycles. The van der Waals surface area contributed by atoms with Crippen LogP contribution in [0.3, 0.4) is 0 Å². The summed E-state index contributed by atoms with van der Waals surface area (Å²) >= 11 is 0. The van der Waals surface area contributed by atoms with Gasteiger partial charge < -0.3 is 9.72 Å². The number of carbonyl (C=O) groups excluding carboxylic acids is 1. The first-order valence-corrected chi connectivity index (χ1v) is 5.30. The van der Waals surface area contributed by atoms with Crippen molar-refractivity contribution in [2.45, 2.75) is 0 Å². The second kappa shape index (κ2) is 3.63. The molecule has 2 aromatic carbocycles. The number of methoxy groups -OCH3 is 1. The largest absolute Gasteiger partial charge is 0.465 e. The molecular formula is C14H10NO2. The summed E-state index contributed by atoms with van der Waals surface area (Å²) in [6, 6.07) is 14.5. The third-order valence-electron chi connectivity index (χ3n) is 2.84. The minimum atomic E-state index is -0.339. The second-order valence-corrected chi connectivity index (χ2v) is 3.84. The molecule has 0 amide bonds. The van der Waals surface area contributed by atoms with Crippen LogP contribution in [0.2, 0.25) is 0 Å². The number of benzene rings is 2. The van der Waals surface area contributed by atoms with Crippen molar-refractivity contribution in [3.63, 3.8) is 0 Å². The molecule has 1 N–H and O–H groups in total. The quantitative estimate of drug-likeness (QED) is 0.646. The van der Waals surface area contributed by atoms with Gasteiger partial charge >= 0.3 is 5.97 Å². The highest BCUT2D eigenvalue weighted by atomic mass is 16.5. The predicted octanol–water partition coefficient (Wildman–Crippen LogP) is 2.91. The molecule has 0 aliphatic rings. The van der Waals surface area contributed by atoms with Crippen LogP contribution in [-0.2, 0) is 4.74 Å². The molecule has 1 aromatic heterocycles. The average molecular weight is 224 g/mol. The summed E-state index contributed by atoms with van der Waals surface area (Å²) in [5.41, 5.74) is 2.46. The summed E-state index contributed by atoms with van der Waals surface area (Å²) in [6.07, 6.45) is 0. The highest BCUT2D eigenvalue weighted by Gasteiger charge is 2.09. The van der Waals surface area contributed by atoms with Crippen molar-refractivity contribution in [1.82, 2.24) is 4.98 Å². The molecule has 0 bridgehead atoms. The number of aromatic amines is 1. The Labute approximate surface area is 98.0 Å². The van der Waals surface area contributed by atoms with Crippen LogP contribution in [0.4, 0.5) is 0 Å². The van der Waals surface area contributed by atoms with Crippen LogP contribution in [0.5, 0.6) is 0 Å². The summed E-state index contributed by atoms with van der Waals surface area (Å²) in [7, 11) is 1.38. The SMILES string of the molecule is COC(=O)c1c[c]c2[nH]c3ccccc3c2c1. The minimum Gasteiger partial charge on any atom is -0.465 e. The lowest BCUT2D eigenvalue weighted by atomic mass is 10.1. The smallest absolute Gasteiger partial charge is 0.337 e. The number of ether oxygens (including phenoxy) is 1. The van der Waals surface area contributed by atoms with Gasteiger partial charge in [-0.2, -0.15) is 0 Å². The lowest BCUT2D eigenvalue weighted by molar-refractivity contribution is 0.0601. The maximum absolute atomic E-state index is 11.5.